The Morgan fingerprint density at radius 2 is 2.30 bits per heavy atom. The summed E-state index contributed by atoms with van der Waals surface area (Å²) in [6.07, 6.45) is 3.20. The minimum Gasteiger partial charge on any atom is -0.213 e. The van der Waals surface area contributed by atoms with Crippen LogP contribution in [-0.2, 0) is 0 Å². The molecule has 4 nitrogen and oxygen atoms in total. The molecule has 0 aliphatic rings. The van der Waals surface area contributed by atoms with Crippen LogP contribution in [0, 0.1) is 6.92 Å². The smallest absolute Gasteiger partial charge is 0.178 e. The fourth-order valence-corrected chi connectivity index (χ4v) is 0.863. The van der Waals surface area contributed by atoms with E-state index < -0.39 is 0 Å². The molecule has 0 aromatic carbocycles. The lowest BCUT2D eigenvalue weighted by molar-refractivity contribution is 0.796. The van der Waals surface area contributed by atoms with Gasteiger partial charge in [0.15, 0.2) is 5.65 Å². The summed E-state index contributed by atoms with van der Waals surface area (Å²) in [6.45, 7) is 1.98. The zero-order valence-corrected chi connectivity index (χ0v) is 5.52. The van der Waals surface area contributed by atoms with Crippen LogP contribution in [0.1, 0.15) is 5.56 Å². The van der Waals surface area contributed by atoms with Crippen LogP contribution in [0.3, 0.4) is 0 Å². The fraction of sp³-hybridized carbons (Fsp3) is 0.167. The predicted molar refractivity (Wildman–Crippen MR) is 35.5 cm³/mol. The zero-order valence-electron chi connectivity index (χ0n) is 5.52. The van der Waals surface area contributed by atoms with Crippen molar-refractivity contribution >= 4 is 5.65 Å². The summed E-state index contributed by atoms with van der Waals surface area (Å²) in [5.74, 6) is 0. The first-order valence-corrected chi connectivity index (χ1v) is 2.99. The summed E-state index contributed by atoms with van der Waals surface area (Å²) < 4.78 is 1.51. The molecule has 0 radical (unpaired) electrons. The summed E-state index contributed by atoms with van der Waals surface area (Å²) >= 11 is 0. The van der Waals surface area contributed by atoms with Crippen molar-refractivity contribution in [2.75, 3.05) is 0 Å². The van der Waals surface area contributed by atoms with Gasteiger partial charge in [-0.3, -0.25) is 0 Å². The van der Waals surface area contributed by atoms with Crippen LogP contribution < -0.4 is 0 Å². The van der Waals surface area contributed by atoms with Crippen molar-refractivity contribution in [3.63, 3.8) is 0 Å². The van der Waals surface area contributed by atoms with E-state index in [9.17, 15) is 0 Å². The van der Waals surface area contributed by atoms with Crippen LogP contribution in [0.25, 0.3) is 5.65 Å². The number of nitrogens with zero attached hydrogens (tertiary/aromatic N) is 4. The largest absolute Gasteiger partial charge is 0.213 e. The second-order valence-electron chi connectivity index (χ2n) is 2.09. The Balaban J connectivity index is 2.95. The molecule has 2 aromatic heterocycles. The van der Waals surface area contributed by atoms with E-state index in [1.54, 1.807) is 6.20 Å². The monoisotopic (exact) mass is 134 g/mol. The third-order valence-corrected chi connectivity index (χ3v) is 1.38. The summed E-state index contributed by atoms with van der Waals surface area (Å²) in [6, 6.07) is 1.91. The lowest BCUT2D eigenvalue weighted by Crippen LogP contribution is -1.93. The van der Waals surface area contributed by atoms with Crippen LogP contribution in [-0.4, -0.2) is 19.8 Å². The molecule has 0 fully saturated rings. The number of rotatable bonds is 0. The van der Waals surface area contributed by atoms with Crippen LogP contribution in [0.15, 0.2) is 18.6 Å². The van der Waals surface area contributed by atoms with E-state index in [0.29, 0.717) is 0 Å². The Morgan fingerprint density at radius 1 is 1.40 bits per heavy atom. The Kier molecular flexibility index (Phi) is 0.943. The van der Waals surface area contributed by atoms with Gasteiger partial charge in [0.1, 0.15) is 6.33 Å². The normalized spacial score (nSPS) is 10.5. The van der Waals surface area contributed by atoms with Crippen molar-refractivity contribution in [3.05, 3.63) is 24.2 Å². The van der Waals surface area contributed by atoms with Crippen molar-refractivity contribution in [1.82, 2.24) is 19.8 Å². The van der Waals surface area contributed by atoms with E-state index in [4.69, 9.17) is 0 Å². The maximum atomic E-state index is 4.01. The molecule has 0 N–H and O–H groups in total. The lowest BCUT2D eigenvalue weighted by Gasteiger charge is -1.90. The molecule has 0 unspecified atom stereocenters. The van der Waals surface area contributed by atoms with E-state index in [2.05, 4.69) is 15.2 Å². The van der Waals surface area contributed by atoms with Crippen LogP contribution >= 0.6 is 0 Å². The molecule has 0 spiro atoms. The van der Waals surface area contributed by atoms with Gasteiger partial charge >= 0.3 is 0 Å². The first-order valence-electron chi connectivity index (χ1n) is 2.99. The minimum atomic E-state index is 0.822. The summed E-state index contributed by atoms with van der Waals surface area (Å²) in [5.41, 5.74) is 1.91. The molecule has 0 amide bonds. The van der Waals surface area contributed by atoms with Crippen LogP contribution in [0.5, 0.6) is 0 Å². The van der Waals surface area contributed by atoms with E-state index in [-0.39, 0.29) is 0 Å². The standard InChI is InChI=1S/C6H6N4/c1-5-2-3-8-10-6(5)7-4-9-10/h2-4H,1H3. The molecule has 2 aromatic rings. The molecule has 2 rings (SSSR count). The number of aryl methyl sites for hydroxylation is 1. The first kappa shape index (κ1) is 5.34. The third kappa shape index (κ3) is 0.586. The summed E-state index contributed by atoms with van der Waals surface area (Å²) in [7, 11) is 0. The van der Waals surface area contributed by atoms with Gasteiger partial charge in [-0.05, 0) is 18.6 Å². The van der Waals surface area contributed by atoms with Gasteiger partial charge in [-0.2, -0.15) is 5.10 Å². The third-order valence-electron chi connectivity index (χ3n) is 1.38. The van der Waals surface area contributed by atoms with Gasteiger partial charge in [0.05, 0.1) is 6.20 Å². The predicted octanol–water partition coefficient (Wildman–Crippen LogP) is 0.433. The molecule has 50 valence electrons. The van der Waals surface area contributed by atoms with Gasteiger partial charge in [0, 0.05) is 0 Å². The van der Waals surface area contributed by atoms with Crippen molar-refractivity contribution in [2.24, 2.45) is 0 Å². The Morgan fingerprint density at radius 3 is 3.10 bits per heavy atom. The topological polar surface area (TPSA) is 43.1 Å². The molecule has 0 aliphatic heterocycles. The molecular formula is C6H6N4. The number of hydrogen-bond donors (Lipinski definition) is 0. The Bertz CT molecular complexity index is 351. The fourth-order valence-electron chi connectivity index (χ4n) is 0.863. The zero-order chi connectivity index (χ0) is 6.97. The highest BCUT2D eigenvalue weighted by Crippen LogP contribution is 2.00. The Labute approximate surface area is 57.5 Å². The molecular weight excluding hydrogens is 128 g/mol. The molecule has 10 heavy (non-hydrogen) atoms. The molecule has 0 saturated carbocycles. The lowest BCUT2D eigenvalue weighted by atomic mass is 10.3. The molecule has 0 bridgehead atoms. The van der Waals surface area contributed by atoms with Crippen LogP contribution in [0.4, 0.5) is 0 Å². The SMILES string of the molecule is Cc1ccnn2ncnc12. The molecule has 0 saturated heterocycles. The molecule has 2 heterocycles. The van der Waals surface area contributed by atoms with Crippen molar-refractivity contribution in [1.29, 1.82) is 0 Å². The average molecular weight is 134 g/mol. The second-order valence-corrected chi connectivity index (χ2v) is 2.09. The van der Waals surface area contributed by atoms with Gasteiger partial charge in [0.25, 0.3) is 0 Å². The van der Waals surface area contributed by atoms with E-state index >= 15 is 0 Å². The van der Waals surface area contributed by atoms with Crippen molar-refractivity contribution in [3.8, 4) is 0 Å². The first-order chi connectivity index (χ1) is 4.88. The average Bonchev–Trinajstić information content (AvgIpc) is 2.36. The van der Waals surface area contributed by atoms with Gasteiger partial charge in [-0.25, -0.2) is 4.98 Å². The maximum absolute atomic E-state index is 4.01. The highest BCUT2D eigenvalue weighted by molar-refractivity contribution is 5.42. The Hall–Kier alpha value is -1.45. The molecule has 0 aliphatic carbocycles. The van der Waals surface area contributed by atoms with E-state index in [1.165, 1.54) is 11.0 Å². The quantitative estimate of drug-likeness (QED) is 0.524. The van der Waals surface area contributed by atoms with Crippen molar-refractivity contribution in [2.45, 2.75) is 6.92 Å². The highest BCUT2D eigenvalue weighted by atomic mass is 15.4. The molecule has 0 atom stereocenters. The molecule has 4 heteroatoms. The summed E-state index contributed by atoms with van der Waals surface area (Å²) in [5, 5.41) is 7.82. The van der Waals surface area contributed by atoms with E-state index in [1.807, 2.05) is 13.0 Å². The van der Waals surface area contributed by atoms with E-state index in [0.717, 1.165) is 11.2 Å². The maximum Gasteiger partial charge on any atom is 0.178 e. The van der Waals surface area contributed by atoms with Gasteiger partial charge in [-0.15, -0.1) is 9.73 Å². The van der Waals surface area contributed by atoms with Gasteiger partial charge in [-0.1, -0.05) is 0 Å². The highest BCUT2D eigenvalue weighted by Gasteiger charge is 1.96. The number of fused-ring (bicyclic) bond motifs is 1. The minimum absolute atomic E-state index is 0.822. The van der Waals surface area contributed by atoms with Gasteiger partial charge < -0.3 is 0 Å². The summed E-state index contributed by atoms with van der Waals surface area (Å²) in [4.78, 5) is 4.01. The van der Waals surface area contributed by atoms with Crippen LogP contribution in [0.2, 0.25) is 0 Å². The van der Waals surface area contributed by atoms with Crippen molar-refractivity contribution < 1.29 is 0 Å². The number of hydrogen-bond acceptors (Lipinski definition) is 3. The van der Waals surface area contributed by atoms with Gasteiger partial charge in [0.2, 0.25) is 0 Å². The second kappa shape index (κ2) is 1.76. The number of aromatic nitrogens is 4.